The lowest BCUT2D eigenvalue weighted by atomic mass is 10.0. The third-order valence-electron chi connectivity index (χ3n) is 2.99. The second-order valence-corrected chi connectivity index (χ2v) is 5.63. The fourth-order valence-corrected chi connectivity index (χ4v) is 2.38. The Labute approximate surface area is 131 Å². The Balaban J connectivity index is 2.47. The van der Waals surface area contributed by atoms with E-state index in [-0.39, 0.29) is 11.9 Å². The Hall–Kier alpha value is -1.68. The van der Waals surface area contributed by atoms with E-state index in [1.807, 2.05) is 6.92 Å². The molecule has 0 aromatic heterocycles. The van der Waals surface area contributed by atoms with E-state index in [2.05, 4.69) is 22.5 Å². The number of halogens is 3. The Bertz CT molecular complexity index is 655. The molecule has 0 radical (unpaired) electrons. The predicted molar refractivity (Wildman–Crippen MR) is 84.4 cm³/mol. The first kappa shape index (κ1) is 15.7. The van der Waals surface area contributed by atoms with Gasteiger partial charge < -0.3 is 4.74 Å². The van der Waals surface area contributed by atoms with Crippen LogP contribution in [-0.4, -0.2) is 6.10 Å². The summed E-state index contributed by atoms with van der Waals surface area (Å²) in [5, 5.41) is 0. The van der Waals surface area contributed by atoms with Crippen LogP contribution in [0.25, 0.3) is 11.1 Å². The molecule has 0 aliphatic heterocycles. The van der Waals surface area contributed by atoms with E-state index >= 15 is 0 Å². The van der Waals surface area contributed by atoms with E-state index in [1.165, 1.54) is 24.3 Å². The van der Waals surface area contributed by atoms with Gasteiger partial charge in [-0.1, -0.05) is 22.0 Å². The van der Waals surface area contributed by atoms with Gasteiger partial charge in [-0.05, 0) is 37.3 Å². The van der Waals surface area contributed by atoms with Gasteiger partial charge in [0.2, 0.25) is 0 Å². The summed E-state index contributed by atoms with van der Waals surface area (Å²) in [6, 6.07) is 8.71. The lowest BCUT2D eigenvalue weighted by Crippen LogP contribution is -2.11. The number of benzene rings is 2. The molecule has 0 saturated heterocycles. The molecule has 0 aliphatic carbocycles. The van der Waals surface area contributed by atoms with Crippen LogP contribution in [0.3, 0.4) is 0 Å². The lowest BCUT2D eigenvalue weighted by molar-refractivity contribution is 0.225. The van der Waals surface area contributed by atoms with Crippen molar-refractivity contribution in [3.63, 3.8) is 0 Å². The third-order valence-corrected chi connectivity index (χ3v) is 3.48. The maximum Gasteiger partial charge on any atom is 0.131 e. The van der Waals surface area contributed by atoms with Crippen molar-refractivity contribution in [2.24, 2.45) is 0 Å². The molecule has 0 spiro atoms. The maximum absolute atomic E-state index is 14.0. The Morgan fingerprint density at radius 3 is 2.67 bits per heavy atom. The van der Waals surface area contributed by atoms with Crippen LogP contribution in [0.5, 0.6) is 5.75 Å². The number of hydrogen-bond acceptors (Lipinski definition) is 1. The summed E-state index contributed by atoms with van der Waals surface area (Å²) in [6.45, 7) is 5.50. The number of hydrogen-bond donors (Lipinski definition) is 0. The molecule has 1 atom stereocenters. The van der Waals surface area contributed by atoms with Crippen molar-refractivity contribution in [1.29, 1.82) is 0 Å². The van der Waals surface area contributed by atoms with Crippen LogP contribution in [0.4, 0.5) is 8.78 Å². The van der Waals surface area contributed by atoms with Crippen LogP contribution in [0.1, 0.15) is 13.3 Å². The second kappa shape index (κ2) is 6.85. The minimum atomic E-state index is -0.421. The minimum Gasteiger partial charge on any atom is -0.490 e. The molecule has 0 aliphatic rings. The summed E-state index contributed by atoms with van der Waals surface area (Å²) in [5.41, 5.74) is 0.885. The first-order valence-electron chi connectivity index (χ1n) is 6.53. The van der Waals surface area contributed by atoms with Gasteiger partial charge in [0.15, 0.2) is 0 Å². The molecule has 21 heavy (non-hydrogen) atoms. The Morgan fingerprint density at radius 1 is 1.19 bits per heavy atom. The number of rotatable bonds is 5. The van der Waals surface area contributed by atoms with Gasteiger partial charge in [0.1, 0.15) is 17.4 Å². The molecule has 4 heteroatoms. The van der Waals surface area contributed by atoms with Gasteiger partial charge in [0.25, 0.3) is 0 Å². The number of ether oxygens (including phenoxy) is 1. The van der Waals surface area contributed by atoms with Crippen LogP contribution >= 0.6 is 15.9 Å². The van der Waals surface area contributed by atoms with Crippen LogP contribution in [-0.2, 0) is 0 Å². The van der Waals surface area contributed by atoms with Crippen LogP contribution in [0, 0.1) is 11.6 Å². The molecule has 110 valence electrons. The first-order chi connectivity index (χ1) is 10.0. The summed E-state index contributed by atoms with van der Waals surface area (Å²) in [6.07, 6.45) is 2.18. The van der Waals surface area contributed by atoms with Crippen LogP contribution in [0.2, 0.25) is 0 Å². The van der Waals surface area contributed by atoms with Crippen molar-refractivity contribution in [2.75, 3.05) is 0 Å². The Kier molecular flexibility index (Phi) is 5.12. The molecule has 0 bridgehead atoms. The van der Waals surface area contributed by atoms with Gasteiger partial charge >= 0.3 is 0 Å². The van der Waals surface area contributed by atoms with Gasteiger partial charge in [-0.3, -0.25) is 0 Å². The van der Waals surface area contributed by atoms with Gasteiger partial charge in [0.05, 0.1) is 6.10 Å². The third kappa shape index (κ3) is 3.91. The van der Waals surface area contributed by atoms with Crippen molar-refractivity contribution >= 4 is 15.9 Å². The summed E-state index contributed by atoms with van der Waals surface area (Å²) in [7, 11) is 0. The quantitative estimate of drug-likeness (QED) is 0.623. The van der Waals surface area contributed by atoms with Gasteiger partial charge in [-0.25, -0.2) is 8.78 Å². The van der Waals surface area contributed by atoms with Gasteiger partial charge in [-0.2, -0.15) is 0 Å². The molecule has 1 nitrogen and oxygen atoms in total. The standard InChI is InChI=1S/C17H15BrF2O/c1-3-4-11(2)21-17-10-13(19)6-7-14(17)15-9-12(18)5-8-16(15)20/h3,5-11H,1,4H2,2H3. The zero-order valence-electron chi connectivity index (χ0n) is 11.6. The monoisotopic (exact) mass is 352 g/mol. The van der Waals surface area contributed by atoms with E-state index in [0.29, 0.717) is 23.3 Å². The second-order valence-electron chi connectivity index (χ2n) is 4.72. The van der Waals surface area contributed by atoms with Crippen molar-refractivity contribution in [2.45, 2.75) is 19.4 Å². The van der Waals surface area contributed by atoms with Gasteiger partial charge in [0, 0.05) is 28.1 Å². The molecule has 2 aromatic carbocycles. The smallest absolute Gasteiger partial charge is 0.131 e. The largest absolute Gasteiger partial charge is 0.490 e. The van der Waals surface area contributed by atoms with Crippen LogP contribution in [0.15, 0.2) is 53.5 Å². The normalized spacial score (nSPS) is 12.0. The molecular formula is C17H15BrF2O. The molecule has 0 amide bonds. The molecule has 0 fully saturated rings. The van der Waals surface area contributed by atoms with E-state index < -0.39 is 5.82 Å². The highest BCUT2D eigenvalue weighted by Crippen LogP contribution is 2.34. The molecule has 2 aromatic rings. The molecule has 1 unspecified atom stereocenters. The minimum absolute atomic E-state index is 0.168. The predicted octanol–water partition coefficient (Wildman–Crippen LogP) is 5.74. The first-order valence-corrected chi connectivity index (χ1v) is 7.33. The zero-order valence-corrected chi connectivity index (χ0v) is 13.2. The molecule has 0 heterocycles. The average Bonchev–Trinajstić information content (AvgIpc) is 2.42. The highest BCUT2D eigenvalue weighted by molar-refractivity contribution is 9.10. The highest BCUT2D eigenvalue weighted by atomic mass is 79.9. The van der Waals surface area contributed by atoms with E-state index in [9.17, 15) is 8.78 Å². The molecule has 0 saturated carbocycles. The van der Waals surface area contributed by atoms with Crippen molar-refractivity contribution in [1.82, 2.24) is 0 Å². The van der Waals surface area contributed by atoms with Gasteiger partial charge in [-0.15, -0.1) is 6.58 Å². The topological polar surface area (TPSA) is 9.23 Å². The summed E-state index contributed by atoms with van der Waals surface area (Å²) in [5.74, 6) is -0.484. The highest BCUT2D eigenvalue weighted by Gasteiger charge is 2.14. The lowest BCUT2D eigenvalue weighted by Gasteiger charge is -2.17. The molecular weight excluding hydrogens is 338 g/mol. The van der Waals surface area contributed by atoms with Crippen molar-refractivity contribution < 1.29 is 13.5 Å². The SMILES string of the molecule is C=CCC(C)Oc1cc(F)ccc1-c1cc(Br)ccc1F. The van der Waals surface area contributed by atoms with Crippen molar-refractivity contribution in [3.8, 4) is 16.9 Å². The summed E-state index contributed by atoms with van der Waals surface area (Å²) < 4.78 is 34.0. The summed E-state index contributed by atoms with van der Waals surface area (Å²) >= 11 is 3.31. The fraction of sp³-hybridized carbons (Fsp3) is 0.176. The molecule has 0 N–H and O–H groups in total. The molecule has 2 rings (SSSR count). The van der Waals surface area contributed by atoms with Crippen LogP contribution < -0.4 is 4.74 Å². The fourth-order valence-electron chi connectivity index (χ4n) is 2.02. The Morgan fingerprint density at radius 2 is 1.95 bits per heavy atom. The zero-order chi connectivity index (χ0) is 15.4. The summed E-state index contributed by atoms with van der Waals surface area (Å²) in [4.78, 5) is 0. The average molecular weight is 353 g/mol. The van der Waals surface area contributed by atoms with Crippen molar-refractivity contribution in [3.05, 3.63) is 65.2 Å². The van der Waals surface area contributed by atoms with E-state index in [1.54, 1.807) is 18.2 Å². The van der Waals surface area contributed by atoms with E-state index in [4.69, 9.17) is 4.74 Å². The van der Waals surface area contributed by atoms with E-state index in [0.717, 1.165) is 4.47 Å². The maximum atomic E-state index is 14.0.